The lowest BCUT2D eigenvalue weighted by atomic mass is 9.78. The first-order valence-electron chi connectivity index (χ1n) is 7.06. The average Bonchev–Trinajstić information content (AvgIpc) is 2.45. The van der Waals surface area contributed by atoms with Crippen molar-refractivity contribution in [3.63, 3.8) is 0 Å². The molecule has 0 spiro atoms. The molecule has 0 saturated heterocycles. The van der Waals surface area contributed by atoms with Crippen molar-refractivity contribution in [3.8, 4) is 5.75 Å². The summed E-state index contributed by atoms with van der Waals surface area (Å²) in [4.78, 5) is 12.4. The van der Waals surface area contributed by atoms with Crippen LogP contribution in [0.4, 0.5) is 0 Å². The van der Waals surface area contributed by atoms with Gasteiger partial charge in [-0.3, -0.25) is 0 Å². The second-order valence-corrected chi connectivity index (χ2v) is 5.99. The molecule has 0 unspecified atom stereocenters. The van der Waals surface area contributed by atoms with Crippen LogP contribution in [0.2, 0.25) is 0 Å². The number of para-hydroxylation sites is 1. The Morgan fingerprint density at radius 2 is 1.86 bits per heavy atom. The quantitative estimate of drug-likeness (QED) is 0.686. The van der Waals surface area contributed by atoms with E-state index in [1.165, 1.54) is 0 Å². The monoisotopic (exact) mass is 288 g/mol. The van der Waals surface area contributed by atoms with Gasteiger partial charge in [-0.1, -0.05) is 18.2 Å². The van der Waals surface area contributed by atoms with Crippen LogP contribution in [0.25, 0.3) is 0 Å². The summed E-state index contributed by atoms with van der Waals surface area (Å²) >= 11 is 0. The fourth-order valence-electron chi connectivity index (χ4n) is 3.16. The summed E-state index contributed by atoms with van der Waals surface area (Å²) in [6.07, 6.45) is 0. The van der Waals surface area contributed by atoms with E-state index in [2.05, 4.69) is 0 Å². The van der Waals surface area contributed by atoms with Crippen molar-refractivity contribution in [1.82, 2.24) is 0 Å². The summed E-state index contributed by atoms with van der Waals surface area (Å²) in [7, 11) is 0. The smallest absolute Gasteiger partial charge is 0.345 e. The highest BCUT2D eigenvalue weighted by Crippen LogP contribution is 2.48. The molecule has 0 aliphatic carbocycles. The third-order valence-corrected chi connectivity index (χ3v) is 4.03. The van der Waals surface area contributed by atoms with Crippen LogP contribution in [0.5, 0.6) is 5.75 Å². The molecule has 0 fully saturated rings. The lowest BCUT2D eigenvalue weighted by Crippen LogP contribution is -2.45. The van der Waals surface area contributed by atoms with Crippen molar-refractivity contribution in [1.29, 1.82) is 0 Å². The molecule has 0 bridgehead atoms. The van der Waals surface area contributed by atoms with Crippen molar-refractivity contribution >= 4 is 5.97 Å². The third-order valence-electron chi connectivity index (χ3n) is 4.03. The highest BCUT2D eigenvalue weighted by atomic mass is 16.8. The number of rotatable bonds is 0. The van der Waals surface area contributed by atoms with Gasteiger partial charge in [-0.25, -0.2) is 4.79 Å². The van der Waals surface area contributed by atoms with E-state index in [-0.39, 0.29) is 17.8 Å². The lowest BCUT2D eigenvalue weighted by Gasteiger charge is -2.42. The minimum atomic E-state index is -0.993. The number of esters is 1. The largest absolute Gasteiger partial charge is 0.493 e. The number of hydrogen-bond acceptors (Lipinski definition) is 5. The van der Waals surface area contributed by atoms with Gasteiger partial charge >= 0.3 is 5.97 Å². The van der Waals surface area contributed by atoms with Crippen LogP contribution >= 0.6 is 0 Å². The van der Waals surface area contributed by atoms with Crippen molar-refractivity contribution in [2.45, 2.75) is 25.6 Å². The van der Waals surface area contributed by atoms with E-state index >= 15 is 0 Å². The van der Waals surface area contributed by atoms with E-state index in [0.717, 1.165) is 11.3 Å². The summed E-state index contributed by atoms with van der Waals surface area (Å²) in [5, 5.41) is 0. The summed E-state index contributed by atoms with van der Waals surface area (Å²) in [5.74, 6) is -0.252. The van der Waals surface area contributed by atoms with Gasteiger partial charge in [-0.05, 0) is 6.07 Å². The van der Waals surface area contributed by atoms with E-state index in [0.29, 0.717) is 24.7 Å². The number of fused-ring (bicyclic) bond motifs is 4. The molecule has 2 atom stereocenters. The van der Waals surface area contributed by atoms with Gasteiger partial charge in [0.25, 0.3) is 11.7 Å². The van der Waals surface area contributed by atoms with Crippen molar-refractivity contribution < 1.29 is 23.7 Å². The SMILES string of the molecule is CC1(C)OC(=O)C2=C(OC[C@H]3COc4ccccc4[C@H]23)O1. The Hall–Kier alpha value is -2.17. The second-order valence-electron chi connectivity index (χ2n) is 5.99. The van der Waals surface area contributed by atoms with Gasteiger partial charge in [0.2, 0.25) is 0 Å². The minimum absolute atomic E-state index is 0.0935. The van der Waals surface area contributed by atoms with E-state index in [1.54, 1.807) is 13.8 Å². The van der Waals surface area contributed by atoms with Gasteiger partial charge in [-0.15, -0.1) is 0 Å². The molecule has 5 heteroatoms. The van der Waals surface area contributed by atoms with Crippen LogP contribution in [0.1, 0.15) is 25.3 Å². The highest BCUT2D eigenvalue weighted by molar-refractivity contribution is 5.92. The van der Waals surface area contributed by atoms with Crippen molar-refractivity contribution in [2.75, 3.05) is 13.2 Å². The number of ether oxygens (including phenoxy) is 4. The Bertz CT molecular complexity index is 646. The fourth-order valence-corrected chi connectivity index (χ4v) is 3.16. The first-order chi connectivity index (χ1) is 10.1. The maximum absolute atomic E-state index is 12.4. The van der Waals surface area contributed by atoms with E-state index in [9.17, 15) is 4.79 Å². The zero-order valence-electron chi connectivity index (χ0n) is 11.9. The number of carbonyl (C=O) groups is 1. The Kier molecular flexibility index (Phi) is 2.49. The zero-order chi connectivity index (χ0) is 14.6. The normalized spacial score (nSPS) is 29.0. The fraction of sp³-hybridized carbons (Fsp3) is 0.438. The van der Waals surface area contributed by atoms with Gasteiger partial charge in [-0.2, -0.15) is 0 Å². The summed E-state index contributed by atoms with van der Waals surface area (Å²) in [5.41, 5.74) is 1.46. The van der Waals surface area contributed by atoms with Gasteiger partial charge in [0.05, 0.1) is 13.2 Å². The van der Waals surface area contributed by atoms with E-state index in [4.69, 9.17) is 18.9 Å². The molecule has 0 amide bonds. The van der Waals surface area contributed by atoms with Crippen LogP contribution in [-0.4, -0.2) is 25.0 Å². The highest BCUT2D eigenvalue weighted by Gasteiger charge is 2.48. The molecule has 0 radical (unpaired) electrons. The van der Waals surface area contributed by atoms with Crippen molar-refractivity contribution in [3.05, 3.63) is 41.3 Å². The Labute approximate surface area is 122 Å². The summed E-state index contributed by atoms with van der Waals surface area (Å²) in [6, 6.07) is 7.77. The summed E-state index contributed by atoms with van der Waals surface area (Å²) in [6.45, 7) is 4.39. The van der Waals surface area contributed by atoms with Gasteiger partial charge in [0, 0.05) is 31.2 Å². The molecule has 1 aromatic carbocycles. The van der Waals surface area contributed by atoms with Crippen LogP contribution in [0, 0.1) is 5.92 Å². The zero-order valence-corrected chi connectivity index (χ0v) is 11.9. The maximum atomic E-state index is 12.4. The topological polar surface area (TPSA) is 54.0 Å². The molecule has 0 N–H and O–H groups in total. The number of cyclic esters (lactones) is 1. The molecule has 3 aliphatic rings. The van der Waals surface area contributed by atoms with Gasteiger partial charge in [0.1, 0.15) is 11.3 Å². The second kappa shape index (κ2) is 4.16. The van der Waals surface area contributed by atoms with Gasteiger partial charge in [0.15, 0.2) is 0 Å². The van der Waals surface area contributed by atoms with Crippen molar-refractivity contribution in [2.24, 2.45) is 5.92 Å². The lowest BCUT2D eigenvalue weighted by molar-refractivity contribution is -0.233. The Morgan fingerprint density at radius 3 is 2.71 bits per heavy atom. The first kappa shape index (κ1) is 12.6. The molecule has 1 aromatic rings. The number of hydrogen-bond donors (Lipinski definition) is 0. The number of carbonyl (C=O) groups excluding carboxylic acids is 1. The molecule has 5 nitrogen and oxygen atoms in total. The van der Waals surface area contributed by atoms with Gasteiger partial charge < -0.3 is 18.9 Å². The molecular formula is C16H16O5. The molecule has 4 rings (SSSR count). The van der Waals surface area contributed by atoms with Crippen LogP contribution in [-0.2, 0) is 19.0 Å². The molecule has 21 heavy (non-hydrogen) atoms. The van der Waals surface area contributed by atoms with E-state index < -0.39 is 5.79 Å². The first-order valence-corrected chi connectivity index (χ1v) is 7.06. The third kappa shape index (κ3) is 1.87. The molecule has 3 aliphatic heterocycles. The molecule has 3 heterocycles. The summed E-state index contributed by atoms with van der Waals surface area (Å²) < 4.78 is 22.5. The maximum Gasteiger partial charge on any atom is 0.345 e. The predicted octanol–water partition coefficient (Wildman–Crippen LogP) is 2.33. The molecule has 110 valence electrons. The molecular weight excluding hydrogens is 272 g/mol. The standard InChI is InChI=1S/C16H16O5/c1-16(2)20-14(17)13-12-9(8-19-15(13)21-16)7-18-11-6-4-3-5-10(11)12/h3-6,9,12H,7-8H2,1-2H3/t9-,12-/m1/s1. The minimum Gasteiger partial charge on any atom is -0.493 e. The molecule has 0 saturated carbocycles. The predicted molar refractivity (Wildman–Crippen MR) is 72.4 cm³/mol. The Balaban J connectivity index is 1.85. The van der Waals surface area contributed by atoms with Crippen LogP contribution in [0.15, 0.2) is 35.8 Å². The number of benzene rings is 1. The average molecular weight is 288 g/mol. The van der Waals surface area contributed by atoms with E-state index in [1.807, 2.05) is 24.3 Å². The Morgan fingerprint density at radius 1 is 1.10 bits per heavy atom. The van der Waals surface area contributed by atoms with Crippen LogP contribution in [0.3, 0.4) is 0 Å². The van der Waals surface area contributed by atoms with Crippen LogP contribution < -0.4 is 4.74 Å². The molecule has 0 aromatic heterocycles.